The van der Waals surface area contributed by atoms with E-state index in [9.17, 15) is 18.0 Å². The van der Waals surface area contributed by atoms with E-state index in [0.29, 0.717) is 28.7 Å². The fraction of sp³-hybridized carbons (Fsp3) is 0.0952. The fourth-order valence-electron chi connectivity index (χ4n) is 3.15. The standard InChI is InChI=1S/C21H14BrF3N2O/c22-17-7-4-13(5-8-17)12-27-19-9-6-15(11-18(19)26-20(27)28)14-2-1-3-16(10-14)21(23,24)25/h1-11H,12H2,(H,26,28). The third-order valence-corrected chi connectivity index (χ3v) is 5.08. The van der Waals surface area contributed by atoms with E-state index in [2.05, 4.69) is 20.9 Å². The summed E-state index contributed by atoms with van der Waals surface area (Å²) in [4.78, 5) is 15.2. The van der Waals surface area contributed by atoms with Crippen molar-refractivity contribution in [1.29, 1.82) is 0 Å². The van der Waals surface area contributed by atoms with Crippen molar-refractivity contribution in [3.63, 3.8) is 0 Å². The van der Waals surface area contributed by atoms with Crippen LogP contribution in [0.25, 0.3) is 22.2 Å². The molecule has 1 aromatic heterocycles. The molecule has 3 nitrogen and oxygen atoms in total. The zero-order chi connectivity index (χ0) is 19.9. The molecule has 4 aromatic rings. The van der Waals surface area contributed by atoms with Gasteiger partial charge in [0.05, 0.1) is 23.1 Å². The number of aromatic nitrogens is 2. The summed E-state index contributed by atoms with van der Waals surface area (Å²) in [6.45, 7) is 0.398. The Morgan fingerprint density at radius 3 is 2.36 bits per heavy atom. The van der Waals surface area contributed by atoms with Gasteiger partial charge in [-0.15, -0.1) is 0 Å². The van der Waals surface area contributed by atoms with E-state index in [-0.39, 0.29) is 5.69 Å². The van der Waals surface area contributed by atoms with Gasteiger partial charge < -0.3 is 4.98 Å². The third-order valence-electron chi connectivity index (χ3n) is 4.55. The number of nitrogens with zero attached hydrogens (tertiary/aromatic N) is 1. The highest BCUT2D eigenvalue weighted by molar-refractivity contribution is 9.10. The highest BCUT2D eigenvalue weighted by atomic mass is 79.9. The number of hydrogen-bond donors (Lipinski definition) is 1. The Balaban J connectivity index is 1.73. The topological polar surface area (TPSA) is 37.8 Å². The molecule has 0 amide bonds. The number of benzene rings is 3. The number of fused-ring (bicyclic) bond motifs is 1. The minimum atomic E-state index is -4.40. The lowest BCUT2D eigenvalue weighted by atomic mass is 10.0. The van der Waals surface area contributed by atoms with Crippen LogP contribution in [0.3, 0.4) is 0 Å². The number of hydrogen-bond acceptors (Lipinski definition) is 1. The van der Waals surface area contributed by atoms with E-state index >= 15 is 0 Å². The smallest absolute Gasteiger partial charge is 0.306 e. The normalized spacial score (nSPS) is 11.9. The van der Waals surface area contributed by atoms with Gasteiger partial charge in [0.1, 0.15) is 0 Å². The van der Waals surface area contributed by atoms with Crippen LogP contribution in [0.5, 0.6) is 0 Å². The zero-order valence-electron chi connectivity index (χ0n) is 14.4. The summed E-state index contributed by atoms with van der Waals surface area (Å²) in [5.41, 5.74) is 2.33. The first-order valence-corrected chi connectivity index (χ1v) is 9.25. The van der Waals surface area contributed by atoms with Crippen molar-refractivity contribution in [2.75, 3.05) is 0 Å². The minimum absolute atomic E-state index is 0.265. The van der Waals surface area contributed by atoms with Gasteiger partial charge in [-0.25, -0.2) is 4.79 Å². The summed E-state index contributed by atoms with van der Waals surface area (Å²) in [6, 6.07) is 18.0. The van der Waals surface area contributed by atoms with E-state index in [0.717, 1.165) is 22.2 Å². The van der Waals surface area contributed by atoms with Crippen LogP contribution in [0.4, 0.5) is 13.2 Å². The molecule has 142 valence electrons. The number of alkyl halides is 3. The molecule has 7 heteroatoms. The quantitative estimate of drug-likeness (QED) is 0.422. The lowest BCUT2D eigenvalue weighted by molar-refractivity contribution is -0.137. The minimum Gasteiger partial charge on any atom is -0.306 e. The average molecular weight is 447 g/mol. The summed E-state index contributed by atoms with van der Waals surface area (Å²) in [5, 5.41) is 0. The Hall–Kier alpha value is -2.80. The highest BCUT2D eigenvalue weighted by Gasteiger charge is 2.30. The van der Waals surface area contributed by atoms with E-state index in [4.69, 9.17) is 0 Å². The monoisotopic (exact) mass is 446 g/mol. The Morgan fingerprint density at radius 1 is 0.929 bits per heavy atom. The van der Waals surface area contributed by atoms with Crippen LogP contribution in [0.2, 0.25) is 0 Å². The molecule has 0 spiro atoms. The molecule has 1 heterocycles. The molecule has 0 aliphatic heterocycles. The van der Waals surface area contributed by atoms with Crippen molar-refractivity contribution < 1.29 is 13.2 Å². The third kappa shape index (κ3) is 3.62. The first kappa shape index (κ1) is 18.6. The van der Waals surface area contributed by atoms with Gasteiger partial charge in [0.25, 0.3) is 0 Å². The van der Waals surface area contributed by atoms with Gasteiger partial charge in [0.2, 0.25) is 0 Å². The second-order valence-corrected chi connectivity index (χ2v) is 7.37. The molecule has 0 saturated carbocycles. The summed E-state index contributed by atoms with van der Waals surface area (Å²) in [5.74, 6) is 0. The molecular weight excluding hydrogens is 433 g/mol. The van der Waals surface area contributed by atoms with Crippen LogP contribution >= 0.6 is 15.9 Å². The lowest BCUT2D eigenvalue weighted by Gasteiger charge is -2.09. The lowest BCUT2D eigenvalue weighted by Crippen LogP contribution is -2.17. The number of imidazole rings is 1. The first-order valence-electron chi connectivity index (χ1n) is 8.46. The van der Waals surface area contributed by atoms with E-state index in [1.807, 2.05) is 24.3 Å². The Morgan fingerprint density at radius 2 is 1.64 bits per heavy atom. The van der Waals surface area contributed by atoms with Crippen molar-refractivity contribution in [2.45, 2.75) is 12.7 Å². The van der Waals surface area contributed by atoms with Gasteiger partial charge in [-0.1, -0.05) is 46.3 Å². The van der Waals surface area contributed by atoms with Crippen LogP contribution in [-0.4, -0.2) is 9.55 Å². The second-order valence-electron chi connectivity index (χ2n) is 6.45. The average Bonchev–Trinajstić information content (AvgIpc) is 2.97. The molecule has 0 radical (unpaired) electrons. The van der Waals surface area contributed by atoms with E-state index in [1.165, 1.54) is 6.07 Å². The summed E-state index contributed by atoms with van der Waals surface area (Å²) >= 11 is 3.38. The van der Waals surface area contributed by atoms with Crippen LogP contribution in [-0.2, 0) is 12.7 Å². The molecule has 0 atom stereocenters. The highest BCUT2D eigenvalue weighted by Crippen LogP contribution is 2.32. The molecule has 3 aromatic carbocycles. The van der Waals surface area contributed by atoms with Crippen molar-refractivity contribution in [3.05, 3.63) is 92.8 Å². The van der Waals surface area contributed by atoms with E-state index in [1.54, 1.807) is 28.8 Å². The molecule has 1 N–H and O–H groups in total. The van der Waals surface area contributed by atoms with E-state index < -0.39 is 11.7 Å². The molecule has 0 unspecified atom stereocenters. The van der Waals surface area contributed by atoms with Gasteiger partial charge in [0.15, 0.2) is 0 Å². The maximum Gasteiger partial charge on any atom is 0.416 e. The van der Waals surface area contributed by atoms with Gasteiger partial charge in [0, 0.05) is 4.47 Å². The van der Waals surface area contributed by atoms with Gasteiger partial charge in [-0.2, -0.15) is 13.2 Å². The summed E-state index contributed by atoms with van der Waals surface area (Å²) in [7, 11) is 0. The number of aromatic amines is 1. The Bertz CT molecular complexity index is 1210. The van der Waals surface area contributed by atoms with Gasteiger partial charge in [-0.05, 0) is 53.1 Å². The molecule has 0 aliphatic rings. The number of H-pyrrole nitrogens is 1. The predicted octanol–water partition coefficient (Wildman–Crippen LogP) is 5.83. The zero-order valence-corrected chi connectivity index (χ0v) is 16.0. The summed E-state index contributed by atoms with van der Waals surface area (Å²) in [6.07, 6.45) is -4.40. The Kier molecular flexibility index (Phi) is 4.63. The van der Waals surface area contributed by atoms with Gasteiger partial charge >= 0.3 is 11.9 Å². The van der Waals surface area contributed by atoms with Crippen molar-refractivity contribution in [2.24, 2.45) is 0 Å². The molecular formula is C21H14BrF3N2O. The second kappa shape index (κ2) is 6.98. The molecule has 4 rings (SSSR count). The van der Waals surface area contributed by atoms with Crippen molar-refractivity contribution in [1.82, 2.24) is 9.55 Å². The van der Waals surface area contributed by atoms with Crippen molar-refractivity contribution in [3.8, 4) is 11.1 Å². The molecule has 0 fully saturated rings. The molecule has 28 heavy (non-hydrogen) atoms. The maximum absolute atomic E-state index is 13.0. The number of halogens is 4. The first-order chi connectivity index (χ1) is 13.3. The van der Waals surface area contributed by atoms with Gasteiger partial charge in [-0.3, -0.25) is 4.57 Å². The number of rotatable bonds is 3. The van der Waals surface area contributed by atoms with Crippen molar-refractivity contribution >= 4 is 27.0 Å². The Labute approximate surface area is 166 Å². The molecule has 0 aliphatic carbocycles. The SMILES string of the molecule is O=c1[nH]c2cc(-c3cccc(C(F)(F)F)c3)ccc2n1Cc1ccc(Br)cc1. The van der Waals surface area contributed by atoms with Crippen LogP contribution in [0, 0.1) is 0 Å². The van der Waals surface area contributed by atoms with Crippen LogP contribution in [0.1, 0.15) is 11.1 Å². The number of nitrogens with one attached hydrogen (secondary N) is 1. The molecule has 0 saturated heterocycles. The van der Waals surface area contributed by atoms with Crippen LogP contribution < -0.4 is 5.69 Å². The fourth-order valence-corrected chi connectivity index (χ4v) is 3.41. The summed E-state index contributed by atoms with van der Waals surface area (Å²) < 4.78 is 41.5. The van der Waals surface area contributed by atoms with Crippen LogP contribution in [0.15, 0.2) is 76.0 Å². The predicted molar refractivity (Wildman–Crippen MR) is 106 cm³/mol. The largest absolute Gasteiger partial charge is 0.416 e. The maximum atomic E-state index is 13.0. The molecule has 0 bridgehead atoms.